The Morgan fingerprint density at radius 1 is 1.35 bits per heavy atom. The number of terminal acetylenes is 1. The minimum Gasteiger partial charge on any atom is -0.499 e. The third kappa shape index (κ3) is 6.77. The zero-order valence-corrected chi connectivity index (χ0v) is 14.3. The van der Waals surface area contributed by atoms with Crippen LogP contribution < -0.4 is 5.32 Å². The first-order chi connectivity index (χ1) is 11.1. The van der Waals surface area contributed by atoms with Gasteiger partial charge >= 0.3 is 0 Å². The number of amides is 2. The normalized spacial score (nSPS) is 16.9. The molecule has 5 heteroatoms. The summed E-state index contributed by atoms with van der Waals surface area (Å²) in [5.41, 5.74) is 0. The molecule has 2 amide bonds. The van der Waals surface area contributed by atoms with Crippen molar-refractivity contribution in [1.29, 1.82) is 0 Å². The fourth-order valence-corrected chi connectivity index (χ4v) is 2.66. The number of carbonyl (C=O) groups is 2. The van der Waals surface area contributed by atoms with E-state index in [4.69, 9.17) is 11.2 Å². The zero-order chi connectivity index (χ0) is 17.1. The molecule has 128 valence electrons. The highest BCUT2D eigenvalue weighted by molar-refractivity contribution is 5.91. The molecule has 1 N–H and O–H groups in total. The van der Waals surface area contributed by atoms with Gasteiger partial charge in [0, 0.05) is 32.5 Å². The Bertz CT molecular complexity index is 465. The maximum Gasteiger partial charge on any atom is 0.250 e. The molecule has 1 unspecified atom stereocenters. The SMILES string of the molecule is C#CCCCCCC(=O)NCCCCC1C(OC)=CC(=O)N1C. The van der Waals surface area contributed by atoms with Crippen LogP contribution in [-0.4, -0.2) is 43.5 Å². The van der Waals surface area contributed by atoms with Gasteiger partial charge in [-0.25, -0.2) is 0 Å². The van der Waals surface area contributed by atoms with Crippen molar-refractivity contribution in [2.75, 3.05) is 20.7 Å². The lowest BCUT2D eigenvalue weighted by Crippen LogP contribution is -2.32. The van der Waals surface area contributed by atoms with E-state index in [1.807, 2.05) is 0 Å². The summed E-state index contributed by atoms with van der Waals surface area (Å²) in [5.74, 6) is 3.43. The maximum atomic E-state index is 11.7. The molecule has 0 aromatic heterocycles. The molecule has 0 fully saturated rings. The monoisotopic (exact) mass is 320 g/mol. The van der Waals surface area contributed by atoms with Crippen molar-refractivity contribution in [1.82, 2.24) is 10.2 Å². The molecule has 5 nitrogen and oxygen atoms in total. The molecule has 0 aromatic carbocycles. The lowest BCUT2D eigenvalue weighted by atomic mass is 10.1. The molecule has 0 saturated heterocycles. The summed E-state index contributed by atoms with van der Waals surface area (Å²) in [5, 5.41) is 2.94. The Kier molecular flexibility index (Phi) is 8.89. The van der Waals surface area contributed by atoms with Crippen LogP contribution in [0.25, 0.3) is 0 Å². The van der Waals surface area contributed by atoms with E-state index in [9.17, 15) is 9.59 Å². The van der Waals surface area contributed by atoms with Crippen molar-refractivity contribution in [3.8, 4) is 12.3 Å². The average Bonchev–Trinajstić information content (AvgIpc) is 2.82. The standard InChI is InChI=1S/C18H28N2O3/c1-4-5-6-7-8-12-17(21)19-13-10-9-11-15-16(23-3)14-18(22)20(15)2/h1,14-15H,5-13H2,2-3H3,(H,19,21). The topological polar surface area (TPSA) is 58.6 Å². The molecule has 0 aliphatic carbocycles. The quantitative estimate of drug-likeness (QED) is 0.469. The van der Waals surface area contributed by atoms with E-state index in [-0.39, 0.29) is 17.9 Å². The number of rotatable bonds is 11. The number of nitrogens with zero attached hydrogens (tertiary/aromatic N) is 1. The molecule has 0 saturated carbocycles. The predicted molar refractivity (Wildman–Crippen MR) is 90.4 cm³/mol. The molecule has 1 aliphatic rings. The van der Waals surface area contributed by atoms with E-state index >= 15 is 0 Å². The number of nitrogens with one attached hydrogen (secondary N) is 1. The van der Waals surface area contributed by atoms with E-state index < -0.39 is 0 Å². The third-order valence-electron chi connectivity index (χ3n) is 4.10. The fourth-order valence-electron chi connectivity index (χ4n) is 2.66. The van der Waals surface area contributed by atoms with Crippen molar-refractivity contribution < 1.29 is 14.3 Å². The molecule has 1 atom stereocenters. The number of hydrogen-bond donors (Lipinski definition) is 1. The lowest BCUT2D eigenvalue weighted by Gasteiger charge is -2.22. The summed E-state index contributed by atoms with van der Waals surface area (Å²) in [6.45, 7) is 0.680. The van der Waals surface area contributed by atoms with Crippen LogP contribution in [-0.2, 0) is 14.3 Å². The van der Waals surface area contributed by atoms with Gasteiger partial charge in [-0.2, -0.15) is 0 Å². The number of unbranched alkanes of at least 4 members (excludes halogenated alkanes) is 4. The first-order valence-electron chi connectivity index (χ1n) is 8.32. The van der Waals surface area contributed by atoms with Crippen LogP contribution in [0.4, 0.5) is 0 Å². The Morgan fingerprint density at radius 2 is 2.13 bits per heavy atom. The molecule has 0 spiro atoms. The minimum atomic E-state index is -0.00927. The zero-order valence-electron chi connectivity index (χ0n) is 14.3. The van der Waals surface area contributed by atoms with Crippen LogP contribution >= 0.6 is 0 Å². The second kappa shape index (κ2) is 10.7. The fraction of sp³-hybridized carbons (Fsp3) is 0.667. The smallest absolute Gasteiger partial charge is 0.250 e. The Morgan fingerprint density at radius 3 is 2.83 bits per heavy atom. The first-order valence-corrected chi connectivity index (χ1v) is 8.32. The van der Waals surface area contributed by atoms with Gasteiger partial charge in [0.25, 0.3) is 0 Å². The Balaban J connectivity index is 2.07. The minimum absolute atomic E-state index is 0.00927. The lowest BCUT2D eigenvalue weighted by molar-refractivity contribution is -0.125. The third-order valence-corrected chi connectivity index (χ3v) is 4.10. The molecule has 1 aliphatic heterocycles. The van der Waals surface area contributed by atoms with Crippen LogP contribution in [0.2, 0.25) is 0 Å². The maximum absolute atomic E-state index is 11.7. The number of likely N-dealkylation sites (N-methyl/N-ethyl adjacent to an activating group) is 1. The first kappa shape index (κ1) is 19.1. The van der Waals surface area contributed by atoms with Gasteiger partial charge in [0.2, 0.25) is 11.8 Å². The second-order valence-electron chi connectivity index (χ2n) is 5.83. The molecular formula is C18H28N2O3. The summed E-state index contributed by atoms with van der Waals surface area (Å²) in [6, 6.07) is 0.0272. The van der Waals surface area contributed by atoms with Gasteiger partial charge in [0.05, 0.1) is 13.2 Å². The van der Waals surface area contributed by atoms with Gasteiger partial charge in [-0.15, -0.1) is 12.3 Å². The number of ether oxygens (including phenoxy) is 1. The molecule has 0 bridgehead atoms. The predicted octanol–water partition coefficient (Wildman–Crippen LogP) is 2.23. The average molecular weight is 320 g/mol. The van der Waals surface area contributed by atoms with Gasteiger partial charge in [-0.3, -0.25) is 9.59 Å². The summed E-state index contributed by atoms with van der Waals surface area (Å²) in [4.78, 5) is 25.0. The number of carbonyl (C=O) groups excluding carboxylic acids is 2. The summed E-state index contributed by atoms with van der Waals surface area (Å²) in [7, 11) is 3.38. The van der Waals surface area contributed by atoms with Crippen LogP contribution in [0.5, 0.6) is 0 Å². The van der Waals surface area contributed by atoms with Crippen LogP contribution in [0.15, 0.2) is 11.8 Å². The van der Waals surface area contributed by atoms with E-state index in [2.05, 4.69) is 11.2 Å². The van der Waals surface area contributed by atoms with E-state index in [1.54, 1.807) is 25.1 Å². The van der Waals surface area contributed by atoms with Gasteiger partial charge < -0.3 is 15.0 Å². The van der Waals surface area contributed by atoms with Crippen molar-refractivity contribution in [2.24, 2.45) is 0 Å². The molecule has 1 heterocycles. The largest absolute Gasteiger partial charge is 0.499 e. The highest BCUT2D eigenvalue weighted by Crippen LogP contribution is 2.22. The molecule has 0 radical (unpaired) electrons. The number of hydrogen-bond acceptors (Lipinski definition) is 3. The molecule has 1 rings (SSSR count). The highest BCUT2D eigenvalue weighted by Gasteiger charge is 2.30. The summed E-state index contributed by atoms with van der Waals surface area (Å²) >= 11 is 0. The Labute approximate surface area is 139 Å². The van der Waals surface area contributed by atoms with E-state index in [0.717, 1.165) is 50.7 Å². The van der Waals surface area contributed by atoms with Gasteiger partial charge in [-0.1, -0.05) is 6.42 Å². The van der Waals surface area contributed by atoms with Crippen molar-refractivity contribution in [2.45, 2.75) is 57.4 Å². The highest BCUT2D eigenvalue weighted by atomic mass is 16.5. The van der Waals surface area contributed by atoms with Crippen LogP contribution in [0, 0.1) is 12.3 Å². The van der Waals surface area contributed by atoms with Gasteiger partial charge in [-0.05, 0) is 32.1 Å². The summed E-state index contributed by atoms with van der Waals surface area (Å²) < 4.78 is 5.25. The Hall–Kier alpha value is -1.96. The summed E-state index contributed by atoms with van der Waals surface area (Å²) in [6.07, 6.45) is 13.7. The van der Waals surface area contributed by atoms with Crippen LogP contribution in [0.1, 0.15) is 51.4 Å². The van der Waals surface area contributed by atoms with Gasteiger partial charge in [0.1, 0.15) is 5.76 Å². The van der Waals surface area contributed by atoms with E-state index in [1.165, 1.54) is 0 Å². The van der Waals surface area contributed by atoms with Crippen molar-refractivity contribution in [3.63, 3.8) is 0 Å². The van der Waals surface area contributed by atoms with Crippen LogP contribution in [0.3, 0.4) is 0 Å². The van der Waals surface area contributed by atoms with Gasteiger partial charge in [0.15, 0.2) is 0 Å². The molecule has 23 heavy (non-hydrogen) atoms. The molecular weight excluding hydrogens is 292 g/mol. The van der Waals surface area contributed by atoms with Crippen molar-refractivity contribution >= 4 is 11.8 Å². The molecule has 0 aromatic rings. The van der Waals surface area contributed by atoms with Crippen molar-refractivity contribution in [3.05, 3.63) is 11.8 Å². The number of methoxy groups -OCH3 is 1. The van der Waals surface area contributed by atoms with E-state index in [0.29, 0.717) is 13.0 Å². The second-order valence-corrected chi connectivity index (χ2v) is 5.83.